The maximum absolute atomic E-state index is 10.0. The van der Waals surface area contributed by atoms with Crippen LogP contribution in [0.15, 0.2) is 67.0 Å². The minimum Gasteiger partial charge on any atom is -0.492 e. The van der Waals surface area contributed by atoms with Crippen LogP contribution in [0.25, 0.3) is 11.1 Å². The molecule has 0 radical (unpaired) electrons. The molecule has 0 amide bonds. The second-order valence-corrected chi connectivity index (χ2v) is 15.0. The Kier molecular flexibility index (Phi) is 14.1. The van der Waals surface area contributed by atoms with E-state index >= 15 is 0 Å². The number of hydrogen-bond donors (Lipinski definition) is 3. The van der Waals surface area contributed by atoms with Crippen molar-refractivity contribution in [3.8, 4) is 34.4 Å². The molecule has 54 heavy (non-hydrogen) atoms. The molecule has 3 aromatic carbocycles. The van der Waals surface area contributed by atoms with E-state index in [2.05, 4.69) is 20.9 Å². The van der Waals surface area contributed by atoms with Crippen molar-refractivity contribution in [2.45, 2.75) is 64.5 Å². The summed E-state index contributed by atoms with van der Waals surface area (Å²) in [7, 11) is 0. The summed E-state index contributed by atoms with van der Waals surface area (Å²) in [6.07, 6.45) is 6.84. The Morgan fingerprint density at radius 3 is 2.44 bits per heavy atom. The van der Waals surface area contributed by atoms with Gasteiger partial charge in [-0.25, -0.2) is 0 Å². The highest BCUT2D eigenvalue weighted by Crippen LogP contribution is 2.39. The Morgan fingerprint density at radius 2 is 1.70 bits per heavy atom. The minimum absolute atomic E-state index is 0.163. The summed E-state index contributed by atoms with van der Waals surface area (Å²) in [4.78, 5) is 8.49. The van der Waals surface area contributed by atoms with Crippen LogP contribution in [-0.4, -0.2) is 88.2 Å². The lowest BCUT2D eigenvalue weighted by Gasteiger charge is -2.30. The third-order valence-corrected chi connectivity index (χ3v) is 10.8. The van der Waals surface area contributed by atoms with Crippen molar-refractivity contribution >= 4 is 23.2 Å². The quantitative estimate of drug-likeness (QED) is 0.0876. The van der Waals surface area contributed by atoms with E-state index in [9.17, 15) is 20.6 Å². The van der Waals surface area contributed by atoms with Crippen molar-refractivity contribution in [3.63, 3.8) is 0 Å². The Bertz CT molecular complexity index is 1910. The summed E-state index contributed by atoms with van der Waals surface area (Å²) in [5.41, 5.74) is 5.75. The molecule has 4 aromatic rings. The highest BCUT2D eigenvalue weighted by atomic mass is 35.5. The fourth-order valence-corrected chi connectivity index (χ4v) is 7.34. The zero-order valence-electron chi connectivity index (χ0n) is 30.6. The fourth-order valence-electron chi connectivity index (χ4n) is 6.82. The first-order valence-electron chi connectivity index (χ1n) is 18.5. The molecule has 1 saturated heterocycles. The first-order chi connectivity index (χ1) is 26.3. The zero-order valence-corrected chi connectivity index (χ0v) is 32.1. The lowest BCUT2D eigenvalue weighted by atomic mass is 9.96. The number of nitrogens with zero attached hydrogens (tertiary/aromatic N) is 4. The number of likely N-dealkylation sites (tertiary alicyclic amines) is 1. The maximum Gasteiger partial charge on any atom is 0.142 e. The van der Waals surface area contributed by atoms with Crippen molar-refractivity contribution in [1.82, 2.24) is 14.8 Å². The number of halogens is 2. The molecule has 2 heterocycles. The van der Waals surface area contributed by atoms with Gasteiger partial charge in [0, 0.05) is 67.9 Å². The molecule has 1 saturated carbocycles. The smallest absolute Gasteiger partial charge is 0.142 e. The summed E-state index contributed by atoms with van der Waals surface area (Å²) in [5.74, 6) is 2.14. The van der Waals surface area contributed by atoms with Crippen molar-refractivity contribution in [1.29, 1.82) is 5.26 Å². The first kappa shape index (κ1) is 39.8. The van der Waals surface area contributed by atoms with E-state index in [0.29, 0.717) is 51.9 Å². The average Bonchev–Trinajstić information content (AvgIpc) is 3.90. The van der Waals surface area contributed by atoms with Gasteiger partial charge in [-0.1, -0.05) is 53.5 Å². The Labute approximate surface area is 327 Å². The molecule has 0 bridgehead atoms. The number of hydrogen-bond acceptors (Lipinski definition) is 10. The van der Waals surface area contributed by atoms with Crippen LogP contribution in [0.5, 0.6) is 17.2 Å². The SMILES string of the molecule is Cc1c(COc2cc(OCc3cncc(C#N)c3)c(CN(CC3CC3)C(CO)CO)cc2Cl)cccc1-c1cccc(OCCCN2CCC(O)C2)c1Cl. The van der Waals surface area contributed by atoms with E-state index in [1.807, 2.05) is 49.4 Å². The normalized spacial score (nSPS) is 15.9. The second kappa shape index (κ2) is 19.1. The molecule has 10 nitrogen and oxygen atoms in total. The predicted octanol–water partition coefficient (Wildman–Crippen LogP) is 6.79. The highest BCUT2D eigenvalue weighted by Gasteiger charge is 2.29. The molecule has 6 rings (SSSR count). The zero-order chi connectivity index (χ0) is 38.0. The van der Waals surface area contributed by atoms with Gasteiger partial charge in [-0.2, -0.15) is 5.26 Å². The molecule has 1 aliphatic carbocycles. The number of aliphatic hydroxyl groups excluding tert-OH is 3. The van der Waals surface area contributed by atoms with Gasteiger partial charge in [0.1, 0.15) is 36.5 Å². The summed E-state index contributed by atoms with van der Waals surface area (Å²) >= 11 is 13.8. The third kappa shape index (κ3) is 10.4. The predicted molar refractivity (Wildman–Crippen MR) is 209 cm³/mol. The van der Waals surface area contributed by atoms with Crippen LogP contribution in [0.3, 0.4) is 0 Å². The second-order valence-electron chi connectivity index (χ2n) is 14.2. The van der Waals surface area contributed by atoms with E-state index in [4.69, 9.17) is 37.4 Å². The maximum atomic E-state index is 10.0. The van der Waals surface area contributed by atoms with E-state index in [-0.39, 0.29) is 32.5 Å². The van der Waals surface area contributed by atoms with E-state index in [1.165, 1.54) is 6.20 Å². The van der Waals surface area contributed by atoms with Gasteiger partial charge in [-0.15, -0.1) is 0 Å². The van der Waals surface area contributed by atoms with Gasteiger partial charge in [0.05, 0.1) is 47.6 Å². The molecule has 1 atom stereocenters. The fraction of sp³-hybridized carbons (Fsp3) is 0.429. The molecule has 2 fully saturated rings. The van der Waals surface area contributed by atoms with Crippen LogP contribution >= 0.6 is 23.2 Å². The van der Waals surface area contributed by atoms with Gasteiger partial charge in [-0.05, 0) is 73.4 Å². The summed E-state index contributed by atoms with van der Waals surface area (Å²) in [6, 6.07) is 18.9. The molecular formula is C42H48Cl2N4O6. The lowest BCUT2D eigenvalue weighted by molar-refractivity contribution is 0.0646. The van der Waals surface area contributed by atoms with Crippen LogP contribution in [0, 0.1) is 24.2 Å². The topological polar surface area (TPSA) is 132 Å². The number of ether oxygens (including phenoxy) is 3. The Hall–Kier alpha value is -3.92. The van der Waals surface area contributed by atoms with Gasteiger partial charge < -0.3 is 34.4 Å². The largest absolute Gasteiger partial charge is 0.492 e. The van der Waals surface area contributed by atoms with E-state index in [1.54, 1.807) is 18.3 Å². The molecule has 3 N–H and O–H groups in total. The molecular weight excluding hydrogens is 727 g/mol. The Balaban J connectivity index is 1.19. The van der Waals surface area contributed by atoms with Gasteiger partial charge in [0.2, 0.25) is 0 Å². The number of β-amino-alcohol motifs (C(OH)–C–C–N with tert-alkyl or cyclic N) is 1. The van der Waals surface area contributed by atoms with Crippen LogP contribution in [0.2, 0.25) is 10.0 Å². The van der Waals surface area contributed by atoms with Crippen molar-refractivity contribution in [2.75, 3.05) is 46.0 Å². The van der Waals surface area contributed by atoms with Crippen LogP contribution < -0.4 is 14.2 Å². The molecule has 2 aliphatic rings. The number of aliphatic hydroxyl groups is 3. The molecule has 286 valence electrons. The van der Waals surface area contributed by atoms with Gasteiger partial charge in [0.25, 0.3) is 0 Å². The van der Waals surface area contributed by atoms with E-state index < -0.39 is 6.04 Å². The summed E-state index contributed by atoms with van der Waals surface area (Å²) < 4.78 is 18.8. The minimum atomic E-state index is -0.420. The number of nitriles is 1. The van der Waals surface area contributed by atoms with Crippen molar-refractivity contribution in [3.05, 3.63) is 105 Å². The number of aromatic nitrogens is 1. The van der Waals surface area contributed by atoms with Crippen LogP contribution in [-0.2, 0) is 19.8 Å². The molecule has 1 aliphatic heterocycles. The highest BCUT2D eigenvalue weighted by molar-refractivity contribution is 6.35. The van der Waals surface area contributed by atoms with Gasteiger partial charge in [0.15, 0.2) is 0 Å². The average molecular weight is 776 g/mol. The summed E-state index contributed by atoms with van der Waals surface area (Å²) in [5, 5.41) is 40.2. The van der Waals surface area contributed by atoms with Gasteiger partial charge in [-0.3, -0.25) is 9.88 Å². The van der Waals surface area contributed by atoms with Gasteiger partial charge >= 0.3 is 0 Å². The Morgan fingerprint density at radius 1 is 0.926 bits per heavy atom. The van der Waals surface area contributed by atoms with Crippen LogP contribution in [0.1, 0.15) is 53.5 Å². The molecule has 12 heteroatoms. The van der Waals surface area contributed by atoms with Crippen molar-refractivity contribution in [2.24, 2.45) is 5.92 Å². The molecule has 0 spiro atoms. The van der Waals surface area contributed by atoms with Crippen molar-refractivity contribution < 1.29 is 29.5 Å². The monoisotopic (exact) mass is 774 g/mol. The van der Waals surface area contributed by atoms with Crippen LogP contribution in [0.4, 0.5) is 0 Å². The molecule has 1 aromatic heterocycles. The van der Waals surface area contributed by atoms with E-state index in [0.717, 1.165) is 85.2 Å². The lowest BCUT2D eigenvalue weighted by Crippen LogP contribution is -2.41. The first-order valence-corrected chi connectivity index (χ1v) is 19.3. The number of pyridine rings is 1. The number of benzene rings is 3. The standard InChI is InChI=1S/C42H48Cl2N4O6/c1-28-32(5-2-6-36(28)37-7-3-8-39(42(37)44)52-14-4-12-47-13-11-35(51)23-47)27-54-41-17-40(53-26-31-15-30(18-45)19-46-20-31)33(16-38(41)43)22-48(21-29-9-10-29)34(24-49)25-50/h2-3,5-8,15-17,19-20,29,34-35,49-51H,4,9-14,21-27H2,1H3. The third-order valence-electron chi connectivity index (χ3n) is 10.1. The number of rotatable bonds is 19. The molecule has 1 unspecified atom stereocenters. The summed E-state index contributed by atoms with van der Waals surface area (Å²) in [6.45, 7) is 6.27.